The number of sulfonamides is 1. The van der Waals surface area contributed by atoms with Crippen LogP contribution < -0.4 is 9.46 Å². The molecular weight excluding hydrogens is 362 g/mol. The van der Waals surface area contributed by atoms with Crippen LogP contribution in [0.1, 0.15) is 20.7 Å². The second-order valence-electron chi connectivity index (χ2n) is 5.06. The zero-order valence-corrected chi connectivity index (χ0v) is 15.1. The fraction of sp³-hybridized carbons (Fsp3) is 0.176. The third-order valence-corrected chi connectivity index (χ3v) is 4.79. The number of benzene rings is 2. The molecule has 0 spiro atoms. The summed E-state index contributed by atoms with van der Waals surface area (Å²) in [5.41, 5.74) is 0.0229. The highest BCUT2D eigenvalue weighted by molar-refractivity contribution is 7.92. The summed E-state index contributed by atoms with van der Waals surface area (Å²) >= 11 is 0. The summed E-state index contributed by atoms with van der Waals surface area (Å²) in [6, 6.07) is 9.51. The molecule has 0 saturated carbocycles. The Kier molecular flexibility index (Phi) is 5.83. The Hall–Kier alpha value is -3.07. The Bertz CT molecular complexity index is 886. The monoisotopic (exact) mass is 379 g/mol. The molecule has 0 unspecified atom stereocenters. The molecule has 2 rings (SSSR count). The van der Waals surface area contributed by atoms with Crippen LogP contribution in [0, 0.1) is 0 Å². The molecule has 0 heterocycles. The normalized spacial score (nSPS) is 10.7. The number of anilines is 1. The van der Waals surface area contributed by atoms with E-state index in [2.05, 4.69) is 14.2 Å². The van der Waals surface area contributed by atoms with Crippen molar-refractivity contribution in [2.45, 2.75) is 4.90 Å². The molecule has 0 saturated heterocycles. The van der Waals surface area contributed by atoms with Gasteiger partial charge in [0.05, 0.1) is 43.0 Å². The lowest BCUT2D eigenvalue weighted by Gasteiger charge is -2.11. The largest absolute Gasteiger partial charge is 0.497 e. The minimum Gasteiger partial charge on any atom is -0.497 e. The third-order valence-electron chi connectivity index (χ3n) is 3.40. The van der Waals surface area contributed by atoms with Gasteiger partial charge in [-0.1, -0.05) is 0 Å². The summed E-state index contributed by atoms with van der Waals surface area (Å²) in [7, 11) is -0.130. The number of hydrogen-bond acceptors (Lipinski definition) is 7. The van der Waals surface area contributed by atoms with Gasteiger partial charge < -0.3 is 14.2 Å². The van der Waals surface area contributed by atoms with Crippen molar-refractivity contribution in [2.75, 3.05) is 26.1 Å². The Morgan fingerprint density at radius 2 is 1.35 bits per heavy atom. The Morgan fingerprint density at radius 3 is 1.77 bits per heavy atom. The topological polar surface area (TPSA) is 108 Å². The molecule has 0 aliphatic rings. The summed E-state index contributed by atoms with van der Waals surface area (Å²) in [5, 5.41) is 0. The second kappa shape index (κ2) is 7.87. The smallest absolute Gasteiger partial charge is 0.337 e. The molecule has 9 heteroatoms. The van der Waals surface area contributed by atoms with Gasteiger partial charge in [0.1, 0.15) is 5.75 Å². The van der Waals surface area contributed by atoms with E-state index in [4.69, 9.17) is 4.74 Å². The lowest BCUT2D eigenvalue weighted by Crippen LogP contribution is -2.15. The van der Waals surface area contributed by atoms with E-state index in [0.29, 0.717) is 5.75 Å². The number of hydrogen-bond donors (Lipinski definition) is 1. The SMILES string of the molecule is COC(=O)c1cc(NS(=O)(=O)c2ccc(OC)cc2)cc(C(=O)OC)c1. The van der Waals surface area contributed by atoms with Crippen LogP contribution >= 0.6 is 0 Å². The van der Waals surface area contributed by atoms with Gasteiger partial charge in [-0.25, -0.2) is 18.0 Å². The lowest BCUT2D eigenvalue weighted by molar-refractivity contribution is 0.0599. The number of methoxy groups -OCH3 is 3. The molecule has 0 radical (unpaired) electrons. The molecule has 1 N–H and O–H groups in total. The van der Waals surface area contributed by atoms with Gasteiger partial charge in [-0.05, 0) is 42.5 Å². The molecule has 0 aliphatic heterocycles. The molecular formula is C17H17NO7S. The first-order valence-electron chi connectivity index (χ1n) is 7.29. The molecule has 2 aromatic carbocycles. The van der Waals surface area contributed by atoms with E-state index in [-0.39, 0.29) is 21.7 Å². The van der Waals surface area contributed by atoms with Gasteiger partial charge >= 0.3 is 11.9 Å². The highest BCUT2D eigenvalue weighted by atomic mass is 32.2. The number of carbonyl (C=O) groups is 2. The van der Waals surface area contributed by atoms with Crippen molar-refractivity contribution < 1.29 is 32.2 Å². The van der Waals surface area contributed by atoms with Gasteiger partial charge in [-0.3, -0.25) is 4.72 Å². The molecule has 0 aromatic heterocycles. The van der Waals surface area contributed by atoms with Crippen molar-refractivity contribution >= 4 is 27.6 Å². The van der Waals surface area contributed by atoms with Crippen molar-refractivity contribution in [3.63, 3.8) is 0 Å². The number of rotatable bonds is 6. The number of carbonyl (C=O) groups excluding carboxylic acids is 2. The van der Waals surface area contributed by atoms with Crippen molar-refractivity contribution in [3.8, 4) is 5.75 Å². The zero-order valence-electron chi connectivity index (χ0n) is 14.3. The molecule has 138 valence electrons. The average molecular weight is 379 g/mol. The Morgan fingerprint density at radius 1 is 0.846 bits per heavy atom. The third kappa shape index (κ3) is 4.31. The Balaban J connectivity index is 2.42. The zero-order chi connectivity index (χ0) is 19.3. The van der Waals surface area contributed by atoms with Crippen LogP contribution in [0.3, 0.4) is 0 Å². The molecule has 8 nitrogen and oxygen atoms in total. The number of nitrogens with one attached hydrogen (secondary N) is 1. The second-order valence-corrected chi connectivity index (χ2v) is 6.75. The predicted molar refractivity (Wildman–Crippen MR) is 92.9 cm³/mol. The van der Waals surface area contributed by atoms with E-state index in [1.807, 2.05) is 0 Å². The molecule has 0 amide bonds. The van der Waals surface area contributed by atoms with Crippen LogP contribution in [0.25, 0.3) is 0 Å². The maximum absolute atomic E-state index is 12.5. The molecule has 2 aromatic rings. The molecule has 0 aliphatic carbocycles. The van der Waals surface area contributed by atoms with Gasteiger partial charge in [0.25, 0.3) is 10.0 Å². The van der Waals surface area contributed by atoms with Gasteiger partial charge in [0, 0.05) is 0 Å². The maximum Gasteiger partial charge on any atom is 0.337 e. The Labute approximate surface area is 150 Å². The first-order chi connectivity index (χ1) is 12.3. The van der Waals surface area contributed by atoms with E-state index in [1.165, 1.54) is 63.8 Å². The molecule has 26 heavy (non-hydrogen) atoms. The fourth-order valence-corrected chi connectivity index (χ4v) is 3.17. The summed E-state index contributed by atoms with van der Waals surface area (Å²) in [6.07, 6.45) is 0. The summed E-state index contributed by atoms with van der Waals surface area (Å²) in [6.45, 7) is 0. The lowest BCUT2D eigenvalue weighted by atomic mass is 10.1. The molecule has 0 bridgehead atoms. The van der Waals surface area contributed by atoms with Crippen molar-refractivity contribution in [1.82, 2.24) is 0 Å². The van der Waals surface area contributed by atoms with Gasteiger partial charge in [-0.2, -0.15) is 0 Å². The highest BCUT2D eigenvalue weighted by Gasteiger charge is 2.18. The predicted octanol–water partition coefficient (Wildman–Crippen LogP) is 2.07. The van der Waals surface area contributed by atoms with E-state index in [1.54, 1.807) is 0 Å². The van der Waals surface area contributed by atoms with E-state index < -0.39 is 22.0 Å². The highest BCUT2D eigenvalue weighted by Crippen LogP contribution is 2.22. The maximum atomic E-state index is 12.5. The van der Waals surface area contributed by atoms with Crippen molar-refractivity contribution in [3.05, 3.63) is 53.6 Å². The van der Waals surface area contributed by atoms with Gasteiger partial charge in [0.2, 0.25) is 0 Å². The molecule has 0 atom stereocenters. The van der Waals surface area contributed by atoms with E-state index in [0.717, 1.165) is 0 Å². The number of ether oxygens (including phenoxy) is 3. The summed E-state index contributed by atoms with van der Waals surface area (Å²) in [4.78, 5) is 23.5. The quantitative estimate of drug-likeness (QED) is 0.766. The minimum atomic E-state index is -3.95. The van der Waals surface area contributed by atoms with Crippen LogP contribution in [-0.2, 0) is 19.5 Å². The van der Waals surface area contributed by atoms with E-state index in [9.17, 15) is 18.0 Å². The standard InChI is InChI=1S/C17H17NO7S/c1-23-14-4-6-15(7-5-14)26(21,22)18-13-9-11(16(19)24-2)8-12(10-13)17(20)25-3/h4-10,18H,1-3H3. The fourth-order valence-electron chi connectivity index (χ4n) is 2.13. The van der Waals surface area contributed by atoms with Crippen LogP contribution in [0.15, 0.2) is 47.4 Å². The van der Waals surface area contributed by atoms with Crippen LogP contribution in [-0.4, -0.2) is 41.7 Å². The number of esters is 2. The average Bonchev–Trinajstić information content (AvgIpc) is 2.66. The minimum absolute atomic E-state index is 0.00262. The summed E-state index contributed by atoms with van der Waals surface area (Å²) < 4.78 is 41.6. The van der Waals surface area contributed by atoms with Crippen LogP contribution in [0.4, 0.5) is 5.69 Å². The van der Waals surface area contributed by atoms with Gasteiger partial charge in [-0.15, -0.1) is 0 Å². The first kappa shape index (κ1) is 19.3. The molecule has 0 fully saturated rings. The van der Waals surface area contributed by atoms with Crippen molar-refractivity contribution in [1.29, 1.82) is 0 Å². The van der Waals surface area contributed by atoms with Gasteiger partial charge in [0.15, 0.2) is 0 Å². The summed E-state index contributed by atoms with van der Waals surface area (Å²) in [5.74, 6) is -0.939. The first-order valence-corrected chi connectivity index (χ1v) is 8.77. The van der Waals surface area contributed by atoms with Crippen LogP contribution in [0.2, 0.25) is 0 Å². The van der Waals surface area contributed by atoms with E-state index >= 15 is 0 Å². The van der Waals surface area contributed by atoms with Crippen molar-refractivity contribution in [2.24, 2.45) is 0 Å². The van der Waals surface area contributed by atoms with Crippen LogP contribution in [0.5, 0.6) is 5.75 Å².